The van der Waals surface area contributed by atoms with Crippen molar-refractivity contribution in [1.82, 2.24) is 9.80 Å². The van der Waals surface area contributed by atoms with Crippen LogP contribution in [0.15, 0.2) is 36.4 Å². The van der Waals surface area contributed by atoms with E-state index in [1.807, 2.05) is 6.07 Å². The normalized spacial score (nSPS) is 26.7. The van der Waals surface area contributed by atoms with Gasteiger partial charge in [0.15, 0.2) is 0 Å². The van der Waals surface area contributed by atoms with E-state index in [1.54, 1.807) is 0 Å². The number of anilines is 1. The highest BCUT2D eigenvalue weighted by Crippen LogP contribution is 2.39. The number of aliphatic hydroxyl groups is 1. The molecule has 2 aliphatic carbocycles. The van der Waals surface area contributed by atoms with Crippen molar-refractivity contribution in [3.8, 4) is 5.75 Å². The number of carboxylic acid groups (broad SMARTS) is 2. The zero-order chi connectivity index (χ0) is 30.2. The number of aliphatic carboxylic acids is 2. The molecule has 4 atom stereocenters. The Labute approximate surface area is 244 Å². The summed E-state index contributed by atoms with van der Waals surface area (Å²) in [6.07, 6.45) is 4.40. The van der Waals surface area contributed by atoms with Crippen LogP contribution in [0.25, 0.3) is 0 Å². The Bertz CT molecular complexity index is 1110. The third-order valence-electron chi connectivity index (χ3n) is 8.44. The second-order valence-corrected chi connectivity index (χ2v) is 11.3. The fourth-order valence-electron chi connectivity index (χ4n) is 6.22. The van der Waals surface area contributed by atoms with E-state index >= 15 is 0 Å². The van der Waals surface area contributed by atoms with Crippen molar-refractivity contribution in [2.45, 2.75) is 63.3 Å². The maximum atomic E-state index is 13.9. The number of hydrogen-bond acceptors (Lipinski definition) is 8. The third kappa shape index (κ3) is 8.07. The van der Waals surface area contributed by atoms with Crippen molar-refractivity contribution >= 4 is 29.4 Å². The summed E-state index contributed by atoms with van der Waals surface area (Å²) in [5.74, 6) is -3.17. The number of hydrogen-bond donors (Lipinski definition) is 3. The lowest BCUT2D eigenvalue weighted by Crippen LogP contribution is -2.47. The number of halogens is 1. The summed E-state index contributed by atoms with van der Waals surface area (Å²) in [6.45, 7) is 4.84. The van der Waals surface area contributed by atoms with Crippen LogP contribution in [0.2, 0.25) is 0 Å². The maximum Gasteiger partial charge on any atom is 0.328 e. The van der Waals surface area contributed by atoms with Gasteiger partial charge < -0.3 is 25.0 Å². The molecular weight excluding hydrogens is 549 g/mol. The highest BCUT2D eigenvalue weighted by Gasteiger charge is 2.52. The number of carbonyl (C=O) groups is 4. The molecule has 4 aliphatic rings. The molecule has 2 amide bonds. The van der Waals surface area contributed by atoms with Crippen molar-refractivity contribution in [2.75, 3.05) is 44.2 Å². The van der Waals surface area contributed by atoms with Crippen molar-refractivity contribution in [3.63, 3.8) is 0 Å². The highest BCUT2D eigenvalue weighted by molar-refractivity contribution is 6.05. The Hall–Kier alpha value is -3.51. The van der Waals surface area contributed by atoms with Crippen LogP contribution in [0.5, 0.6) is 5.75 Å². The largest absolute Gasteiger partial charge is 0.488 e. The summed E-state index contributed by atoms with van der Waals surface area (Å²) < 4.78 is 20.2. The van der Waals surface area contributed by atoms with E-state index < -0.39 is 36.1 Å². The molecule has 4 unspecified atom stereocenters. The molecule has 2 aliphatic heterocycles. The lowest BCUT2D eigenvalue weighted by atomic mass is 9.78. The van der Waals surface area contributed by atoms with Gasteiger partial charge in [0.05, 0.1) is 29.7 Å². The fourth-order valence-corrected chi connectivity index (χ4v) is 6.22. The Morgan fingerprint density at radius 3 is 2.12 bits per heavy atom. The minimum Gasteiger partial charge on any atom is -0.488 e. The van der Waals surface area contributed by atoms with Crippen LogP contribution in [0.4, 0.5) is 10.1 Å². The number of likely N-dealkylation sites (tertiary alicyclic amines) is 1. The Balaban J connectivity index is 0.000000446. The summed E-state index contributed by atoms with van der Waals surface area (Å²) in [4.78, 5) is 50.5. The second-order valence-electron chi connectivity index (χ2n) is 11.3. The number of benzene rings is 1. The van der Waals surface area contributed by atoms with E-state index in [4.69, 9.17) is 14.9 Å². The van der Waals surface area contributed by atoms with E-state index in [9.17, 15) is 28.7 Å². The molecule has 0 radical (unpaired) electrons. The third-order valence-corrected chi connectivity index (χ3v) is 8.44. The van der Waals surface area contributed by atoms with Gasteiger partial charge in [-0.3, -0.25) is 19.4 Å². The maximum absolute atomic E-state index is 13.9. The highest BCUT2D eigenvalue weighted by atomic mass is 19.1. The Kier molecular flexibility index (Phi) is 10.9. The van der Waals surface area contributed by atoms with Crippen LogP contribution in [0, 0.1) is 11.8 Å². The van der Waals surface area contributed by atoms with Crippen LogP contribution < -0.4 is 9.64 Å². The number of aliphatic hydroxyl groups excluding tert-OH is 1. The summed E-state index contributed by atoms with van der Waals surface area (Å²) >= 11 is 0. The molecule has 1 aromatic carbocycles. The fraction of sp³-hybridized carbons (Fsp3) is 0.600. The first-order valence-electron chi connectivity index (χ1n) is 14.7. The molecule has 0 aromatic heterocycles. The Morgan fingerprint density at radius 1 is 0.905 bits per heavy atom. The number of piperazine rings is 1. The molecule has 2 saturated heterocycles. The average Bonchev–Trinajstić information content (AvgIpc) is 3.56. The molecule has 11 nitrogen and oxygen atoms in total. The number of ether oxygens (including phenoxy) is 1. The van der Waals surface area contributed by atoms with E-state index in [2.05, 4.69) is 28.0 Å². The number of fused-ring (bicyclic) bond motifs is 1. The zero-order valence-electron chi connectivity index (χ0n) is 23.6. The minimum absolute atomic E-state index is 0.0409. The van der Waals surface area contributed by atoms with Crippen molar-refractivity contribution in [1.29, 1.82) is 0 Å². The van der Waals surface area contributed by atoms with Gasteiger partial charge in [-0.15, -0.1) is 0 Å². The minimum atomic E-state index is -1.41. The monoisotopic (exact) mass is 589 g/mol. The molecule has 0 spiro atoms. The molecule has 1 aromatic rings. The first kappa shape index (κ1) is 31.4. The van der Waals surface area contributed by atoms with E-state index in [1.165, 1.54) is 23.4 Å². The van der Waals surface area contributed by atoms with Gasteiger partial charge in [-0.05, 0) is 63.6 Å². The van der Waals surface area contributed by atoms with Crippen molar-refractivity contribution in [3.05, 3.63) is 36.4 Å². The van der Waals surface area contributed by atoms with Gasteiger partial charge in [0.25, 0.3) is 0 Å². The molecule has 12 heteroatoms. The van der Waals surface area contributed by atoms with Gasteiger partial charge in [-0.1, -0.05) is 12.1 Å². The quantitative estimate of drug-likeness (QED) is 0.290. The molecule has 4 fully saturated rings. The van der Waals surface area contributed by atoms with Crippen LogP contribution >= 0.6 is 0 Å². The first-order valence-corrected chi connectivity index (χ1v) is 14.7. The molecule has 2 heterocycles. The molecule has 230 valence electrons. The number of carboxylic acids is 2. The predicted octanol–water partition coefficient (Wildman–Crippen LogP) is 2.33. The Morgan fingerprint density at radius 2 is 1.50 bits per heavy atom. The summed E-state index contributed by atoms with van der Waals surface area (Å²) in [5.41, 5.74) is 1.17. The average molecular weight is 590 g/mol. The van der Waals surface area contributed by atoms with Crippen molar-refractivity contribution < 1.29 is 43.6 Å². The van der Waals surface area contributed by atoms with Gasteiger partial charge in [0.2, 0.25) is 11.8 Å². The van der Waals surface area contributed by atoms with Crippen LogP contribution in [-0.2, 0) is 19.2 Å². The predicted molar refractivity (Wildman–Crippen MR) is 151 cm³/mol. The number of amides is 2. The smallest absolute Gasteiger partial charge is 0.328 e. The molecule has 0 bridgehead atoms. The first-order chi connectivity index (χ1) is 20.1. The SMILES string of the molecule is O=C(O)C=CC(=O)O.O=C1C2CC(O)C(F)CC2C(=O)N1CCCN1CCN(c2ccccc2OC2CCCC2)CC1. The van der Waals surface area contributed by atoms with Gasteiger partial charge in [0.1, 0.15) is 11.9 Å². The summed E-state index contributed by atoms with van der Waals surface area (Å²) in [5, 5.41) is 25.4. The van der Waals surface area contributed by atoms with Crippen LogP contribution in [0.3, 0.4) is 0 Å². The number of rotatable bonds is 9. The van der Waals surface area contributed by atoms with E-state index in [-0.39, 0.29) is 24.7 Å². The molecule has 5 rings (SSSR count). The summed E-state index contributed by atoms with van der Waals surface area (Å²) in [6, 6.07) is 8.32. The molecule has 2 saturated carbocycles. The van der Waals surface area contributed by atoms with Gasteiger partial charge >= 0.3 is 11.9 Å². The van der Waals surface area contributed by atoms with Crippen LogP contribution in [-0.4, -0.2) is 107 Å². The van der Waals surface area contributed by atoms with Gasteiger partial charge in [0, 0.05) is 44.9 Å². The number of imide groups is 1. The zero-order valence-corrected chi connectivity index (χ0v) is 23.6. The molecular formula is C30H40FN3O8. The van der Waals surface area contributed by atoms with Crippen LogP contribution in [0.1, 0.15) is 44.9 Å². The van der Waals surface area contributed by atoms with E-state index in [0.717, 1.165) is 51.3 Å². The number of para-hydroxylation sites is 2. The number of alkyl halides is 1. The number of nitrogens with zero attached hydrogens (tertiary/aromatic N) is 3. The molecule has 42 heavy (non-hydrogen) atoms. The number of carbonyl (C=O) groups excluding carboxylic acids is 2. The topological polar surface area (TPSA) is 148 Å². The standard InChI is InChI=1S/C26H36FN3O4.C4H4O4/c27-21-16-19-20(17-23(21)31)26(33)30(25(19)32)11-5-10-28-12-14-29(15-13-28)22-8-3-4-9-24(22)34-18-6-1-2-7-18;5-3(6)1-2-4(7)8/h3-4,8-9,18-21,23,31H,1-2,5-7,10-17H2;1-2H,(H,5,6)(H,7,8). The second kappa shape index (κ2) is 14.6. The van der Waals surface area contributed by atoms with Gasteiger partial charge in [-0.25, -0.2) is 14.0 Å². The molecule has 3 N–H and O–H groups in total. The lowest BCUT2D eigenvalue weighted by molar-refractivity contribution is -0.140. The van der Waals surface area contributed by atoms with Gasteiger partial charge in [-0.2, -0.15) is 0 Å². The summed E-state index contributed by atoms with van der Waals surface area (Å²) in [7, 11) is 0. The van der Waals surface area contributed by atoms with E-state index in [0.29, 0.717) is 31.2 Å². The van der Waals surface area contributed by atoms with Crippen molar-refractivity contribution in [2.24, 2.45) is 11.8 Å². The lowest BCUT2D eigenvalue weighted by Gasteiger charge is -2.37.